The van der Waals surface area contributed by atoms with E-state index in [4.69, 9.17) is 0 Å². The number of alkyl halides is 1. The van der Waals surface area contributed by atoms with E-state index in [1.165, 1.54) is 5.56 Å². The topological polar surface area (TPSA) is 0 Å². The van der Waals surface area contributed by atoms with Gasteiger partial charge in [-0.2, -0.15) is 0 Å². The van der Waals surface area contributed by atoms with Crippen molar-refractivity contribution in [3.63, 3.8) is 0 Å². The van der Waals surface area contributed by atoms with Crippen molar-refractivity contribution in [2.45, 2.75) is 19.8 Å². The maximum Gasteiger partial charge on any atom is 0.0245 e. The van der Waals surface area contributed by atoms with Crippen molar-refractivity contribution in [3.8, 4) is 11.8 Å². The Labute approximate surface area is 88.5 Å². The highest BCUT2D eigenvalue weighted by Crippen LogP contribution is 2.03. The number of benzene rings is 1. The van der Waals surface area contributed by atoms with Crippen LogP contribution < -0.4 is 0 Å². The van der Waals surface area contributed by atoms with Gasteiger partial charge in [0.1, 0.15) is 0 Å². The number of halogens is 1. The molecule has 0 aliphatic rings. The summed E-state index contributed by atoms with van der Waals surface area (Å²) in [5.41, 5.74) is 2.48. The second-order valence-corrected chi connectivity index (χ2v) is 3.58. The first-order valence-electron chi connectivity index (χ1n) is 4.50. The zero-order chi connectivity index (χ0) is 9.52. The van der Waals surface area contributed by atoms with Crippen LogP contribution in [0.25, 0.3) is 0 Å². The van der Waals surface area contributed by atoms with Crippen LogP contribution in [0.5, 0.6) is 0 Å². The Hall–Kier alpha value is -0.740. The predicted octanol–water partition coefficient (Wildman–Crippen LogP) is 3.39. The molecule has 0 saturated carbocycles. The standard InChI is InChI=1S/C12H13Br/c1-2-11-6-8-12(9-7-11)5-3-4-10-13/h6-9H,2,4,10H2,1H3. The molecule has 0 aliphatic heterocycles. The number of aryl methyl sites for hydroxylation is 1. The molecule has 0 bridgehead atoms. The minimum absolute atomic E-state index is 0.912. The number of hydrogen-bond acceptors (Lipinski definition) is 0. The molecule has 0 nitrogen and oxygen atoms in total. The molecule has 1 aromatic rings. The van der Waals surface area contributed by atoms with Gasteiger partial charge in [-0.3, -0.25) is 0 Å². The summed E-state index contributed by atoms with van der Waals surface area (Å²) >= 11 is 3.34. The highest BCUT2D eigenvalue weighted by Gasteiger charge is 1.88. The summed E-state index contributed by atoms with van der Waals surface area (Å²) in [6.07, 6.45) is 2.00. The van der Waals surface area contributed by atoms with Gasteiger partial charge < -0.3 is 0 Å². The molecule has 13 heavy (non-hydrogen) atoms. The van der Waals surface area contributed by atoms with E-state index in [0.29, 0.717) is 0 Å². The van der Waals surface area contributed by atoms with Crippen LogP contribution in [0.2, 0.25) is 0 Å². The van der Waals surface area contributed by atoms with Crippen molar-refractivity contribution < 1.29 is 0 Å². The van der Waals surface area contributed by atoms with Crippen LogP contribution in [0.4, 0.5) is 0 Å². The lowest BCUT2D eigenvalue weighted by molar-refractivity contribution is 1.14. The average Bonchev–Trinajstić information content (AvgIpc) is 2.19. The van der Waals surface area contributed by atoms with Crippen LogP contribution in [-0.2, 0) is 6.42 Å². The third-order valence-electron chi connectivity index (χ3n) is 1.81. The molecule has 0 aromatic heterocycles. The van der Waals surface area contributed by atoms with Crippen LogP contribution in [-0.4, -0.2) is 5.33 Å². The van der Waals surface area contributed by atoms with Crippen molar-refractivity contribution >= 4 is 15.9 Å². The molecule has 0 radical (unpaired) electrons. The van der Waals surface area contributed by atoms with Gasteiger partial charge in [0.25, 0.3) is 0 Å². The largest absolute Gasteiger partial charge is 0.0970 e. The average molecular weight is 237 g/mol. The van der Waals surface area contributed by atoms with Gasteiger partial charge in [-0.05, 0) is 24.1 Å². The molecule has 0 unspecified atom stereocenters. The molecular weight excluding hydrogens is 224 g/mol. The molecule has 0 N–H and O–H groups in total. The van der Waals surface area contributed by atoms with E-state index in [2.05, 4.69) is 59.0 Å². The van der Waals surface area contributed by atoms with Gasteiger partial charge in [-0.1, -0.05) is 46.8 Å². The predicted molar refractivity (Wildman–Crippen MR) is 61.1 cm³/mol. The molecule has 0 atom stereocenters. The van der Waals surface area contributed by atoms with E-state index in [-0.39, 0.29) is 0 Å². The van der Waals surface area contributed by atoms with Gasteiger partial charge in [0.05, 0.1) is 0 Å². The summed E-state index contributed by atoms with van der Waals surface area (Å²) in [6, 6.07) is 8.44. The van der Waals surface area contributed by atoms with Crippen LogP contribution >= 0.6 is 15.9 Å². The molecule has 0 amide bonds. The van der Waals surface area contributed by atoms with E-state index in [0.717, 1.165) is 23.7 Å². The highest BCUT2D eigenvalue weighted by atomic mass is 79.9. The first-order valence-corrected chi connectivity index (χ1v) is 5.62. The molecule has 1 rings (SSSR count). The first-order chi connectivity index (χ1) is 6.36. The fourth-order valence-corrected chi connectivity index (χ4v) is 1.23. The van der Waals surface area contributed by atoms with Gasteiger partial charge in [-0.25, -0.2) is 0 Å². The highest BCUT2D eigenvalue weighted by molar-refractivity contribution is 9.09. The lowest BCUT2D eigenvalue weighted by Gasteiger charge is -1.94. The number of hydrogen-bond donors (Lipinski definition) is 0. The van der Waals surface area contributed by atoms with Crippen LogP contribution in [0, 0.1) is 11.8 Å². The maximum atomic E-state index is 3.34. The lowest BCUT2D eigenvalue weighted by Crippen LogP contribution is -1.80. The van der Waals surface area contributed by atoms with Crippen LogP contribution in [0.1, 0.15) is 24.5 Å². The summed E-state index contributed by atoms with van der Waals surface area (Å²) < 4.78 is 0. The Morgan fingerprint density at radius 3 is 2.46 bits per heavy atom. The minimum Gasteiger partial charge on any atom is -0.0970 e. The fourth-order valence-electron chi connectivity index (χ4n) is 1.04. The summed E-state index contributed by atoms with van der Waals surface area (Å²) in [6.45, 7) is 2.16. The van der Waals surface area contributed by atoms with Crippen LogP contribution in [0.3, 0.4) is 0 Å². The minimum atomic E-state index is 0.912. The fraction of sp³-hybridized carbons (Fsp3) is 0.333. The van der Waals surface area contributed by atoms with Gasteiger partial charge >= 0.3 is 0 Å². The van der Waals surface area contributed by atoms with Gasteiger partial charge in [0.2, 0.25) is 0 Å². The Balaban J connectivity index is 2.65. The molecule has 1 aromatic carbocycles. The molecular formula is C12H13Br. The van der Waals surface area contributed by atoms with Crippen molar-refractivity contribution in [1.29, 1.82) is 0 Å². The molecule has 68 valence electrons. The van der Waals surface area contributed by atoms with Crippen molar-refractivity contribution in [1.82, 2.24) is 0 Å². The Morgan fingerprint density at radius 1 is 1.23 bits per heavy atom. The summed E-state index contributed by atoms with van der Waals surface area (Å²) in [5.74, 6) is 6.21. The van der Waals surface area contributed by atoms with Crippen molar-refractivity contribution in [2.75, 3.05) is 5.33 Å². The molecule has 0 saturated heterocycles. The monoisotopic (exact) mass is 236 g/mol. The number of rotatable bonds is 2. The van der Waals surface area contributed by atoms with E-state index in [1.54, 1.807) is 0 Å². The molecule has 0 spiro atoms. The Morgan fingerprint density at radius 2 is 1.92 bits per heavy atom. The summed E-state index contributed by atoms with van der Waals surface area (Å²) in [7, 11) is 0. The maximum absolute atomic E-state index is 3.34. The first kappa shape index (κ1) is 10.3. The zero-order valence-corrected chi connectivity index (χ0v) is 9.39. The van der Waals surface area contributed by atoms with Gasteiger partial charge in [-0.15, -0.1) is 0 Å². The molecule has 0 heterocycles. The van der Waals surface area contributed by atoms with Gasteiger partial charge in [0.15, 0.2) is 0 Å². The Kier molecular flexibility index (Phi) is 4.64. The summed E-state index contributed by atoms with van der Waals surface area (Å²) in [5, 5.41) is 0.951. The van der Waals surface area contributed by atoms with E-state index >= 15 is 0 Å². The van der Waals surface area contributed by atoms with Crippen molar-refractivity contribution in [3.05, 3.63) is 35.4 Å². The zero-order valence-electron chi connectivity index (χ0n) is 7.81. The van der Waals surface area contributed by atoms with E-state index < -0.39 is 0 Å². The van der Waals surface area contributed by atoms with E-state index in [1.807, 2.05) is 0 Å². The van der Waals surface area contributed by atoms with Crippen LogP contribution in [0.15, 0.2) is 24.3 Å². The third kappa shape index (κ3) is 3.65. The van der Waals surface area contributed by atoms with E-state index in [9.17, 15) is 0 Å². The Bertz CT molecular complexity index is 300. The molecule has 0 fully saturated rings. The molecule has 1 heteroatoms. The smallest absolute Gasteiger partial charge is 0.0245 e. The third-order valence-corrected chi connectivity index (χ3v) is 2.21. The second kappa shape index (κ2) is 5.83. The lowest BCUT2D eigenvalue weighted by atomic mass is 10.1. The summed E-state index contributed by atoms with van der Waals surface area (Å²) in [4.78, 5) is 0. The molecule has 0 aliphatic carbocycles. The SMILES string of the molecule is CCc1ccc(C#CCCBr)cc1. The van der Waals surface area contributed by atoms with Crippen molar-refractivity contribution in [2.24, 2.45) is 0 Å². The normalized spacial score (nSPS) is 9.08. The quantitative estimate of drug-likeness (QED) is 0.546. The second-order valence-electron chi connectivity index (χ2n) is 2.79. The van der Waals surface area contributed by atoms with Gasteiger partial charge in [0, 0.05) is 17.3 Å².